The van der Waals surface area contributed by atoms with Gasteiger partial charge in [-0.15, -0.1) is 0 Å². The van der Waals surface area contributed by atoms with Crippen molar-refractivity contribution in [1.29, 1.82) is 0 Å². The number of aliphatic carboxylic acids is 1. The molecular formula is C10H12Cl2N2O3. The predicted octanol–water partition coefficient (Wildman–Crippen LogP) is 1.92. The van der Waals surface area contributed by atoms with Crippen molar-refractivity contribution in [3.63, 3.8) is 0 Å². The van der Waals surface area contributed by atoms with E-state index in [-0.39, 0.29) is 15.9 Å². The fraction of sp³-hybridized carbons (Fsp3) is 0.400. The molecule has 0 unspecified atom stereocenters. The van der Waals surface area contributed by atoms with Crippen LogP contribution >= 0.6 is 23.2 Å². The first-order valence-electron chi connectivity index (χ1n) is 4.92. The Bertz CT molecular complexity index is 457. The molecule has 1 amide bonds. The first kappa shape index (κ1) is 13.9. The molecule has 5 nitrogen and oxygen atoms in total. The molecule has 0 radical (unpaired) electrons. The minimum absolute atomic E-state index is 0.222. The average molecular weight is 279 g/mol. The van der Waals surface area contributed by atoms with E-state index in [2.05, 4.69) is 5.32 Å². The number of carbonyl (C=O) groups is 2. The Balaban J connectivity index is 2.90. The van der Waals surface area contributed by atoms with Gasteiger partial charge < -0.3 is 15.0 Å². The number of hydrogen-bond donors (Lipinski definition) is 2. The smallest absolute Gasteiger partial charge is 0.326 e. The fourth-order valence-corrected chi connectivity index (χ4v) is 1.71. The topological polar surface area (TPSA) is 71.3 Å². The van der Waals surface area contributed by atoms with E-state index in [0.717, 1.165) is 0 Å². The molecule has 0 aromatic carbocycles. The summed E-state index contributed by atoms with van der Waals surface area (Å²) in [6.45, 7) is 1.67. The van der Waals surface area contributed by atoms with E-state index in [1.165, 1.54) is 10.6 Å². The van der Waals surface area contributed by atoms with Gasteiger partial charge in [0, 0.05) is 7.05 Å². The van der Waals surface area contributed by atoms with Gasteiger partial charge in [0.1, 0.15) is 16.9 Å². The largest absolute Gasteiger partial charge is 0.480 e. The van der Waals surface area contributed by atoms with Crippen molar-refractivity contribution in [1.82, 2.24) is 9.88 Å². The first-order valence-corrected chi connectivity index (χ1v) is 5.68. The van der Waals surface area contributed by atoms with E-state index >= 15 is 0 Å². The molecule has 7 heteroatoms. The lowest BCUT2D eigenvalue weighted by Crippen LogP contribution is -2.40. The molecule has 0 spiro atoms. The van der Waals surface area contributed by atoms with Gasteiger partial charge in [-0.05, 0) is 12.5 Å². The Morgan fingerprint density at radius 1 is 1.53 bits per heavy atom. The number of amides is 1. The number of hydrogen-bond acceptors (Lipinski definition) is 2. The lowest BCUT2D eigenvalue weighted by molar-refractivity contribution is -0.139. The van der Waals surface area contributed by atoms with Crippen LogP contribution in [0, 0.1) is 0 Å². The summed E-state index contributed by atoms with van der Waals surface area (Å²) in [5, 5.41) is 11.7. The highest BCUT2D eigenvalue weighted by atomic mass is 35.5. The third-order valence-electron chi connectivity index (χ3n) is 2.36. The zero-order valence-corrected chi connectivity index (χ0v) is 10.8. The van der Waals surface area contributed by atoms with Crippen molar-refractivity contribution in [3.8, 4) is 0 Å². The molecule has 0 saturated heterocycles. The molecule has 1 heterocycles. The second-order valence-electron chi connectivity index (χ2n) is 3.50. The molecule has 0 aliphatic heterocycles. The number of carboxylic acid groups (broad SMARTS) is 1. The quantitative estimate of drug-likeness (QED) is 0.884. The van der Waals surface area contributed by atoms with E-state index in [9.17, 15) is 9.59 Å². The number of aromatic nitrogens is 1. The van der Waals surface area contributed by atoms with Crippen molar-refractivity contribution in [3.05, 3.63) is 21.9 Å². The maximum Gasteiger partial charge on any atom is 0.326 e. The number of nitrogens with zero attached hydrogens (tertiary/aromatic N) is 1. The lowest BCUT2D eigenvalue weighted by Gasteiger charge is -2.12. The highest BCUT2D eigenvalue weighted by molar-refractivity contribution is 6.41. The van der Waals surface area contributed by atoms with Gasteiger partial charge in [-0.3, -0.25) is 4.79 Å². The van der Waals surface area contributed by atoms with Crippen LogP contribution in [0.1, 0.15) is 23.8 Å². The summed E-state index contributed by atoms with van der Waals surface area (Å²) >= 11 is 11.6. The normalized spacial score (nSPS) is 12.2. The number of carbonyl (C=O) groups excluding carboxylic acids is 1. The standard InChI is InChI=1S/C10H12Cl2N2O3/c1-3-6(10(16)17)13-9(15)7-4-5(11)8(12)14(7)2/h4,6H,3H2,1-2H3,(H,13,15)(H,16,17)/t6-/m1/s1. The van der Waals surface area contributed by atoms with Crippen LogP contribution in [0.15, 0.2) is 6.07 Å². The summed E-state index contributed by atoms with van der Waals surface area (Å²) in [6.07, 6.45) is 0.299. The van der Waals surface area contributed by atoms with Gasteiger partial charge in [-0.25, -0.2) is 4.79 Å². The summed E-state index contributed by atoms with van der Waals surface area (Å²) in [7, 11) is 1.57. The summed E-state index contributed by atoms with van der Waals surface area (Å²) < 4.78 is 1.40. The van der Waals surface area contributed by atoms with Crippen molar-refractivity contribution < 1.29 is 14.7 Å². The Morgan fingerprint density at radius 2 is 2.12 bits per heavy atom. The SMILES string of the molecule is CC[C@@H](NC(=O)c1cc(Cl)c(Cl)n1C)C(=O)O. The van der Waals surface area contributed by atoms with Crippen LogP contribution in [0.5, 0.6) is 0 Å². The third-order valence-corrected chi connectivity index (χ3v) is 3.20. The molecule has 1 aromatic heterocycles. The van der Waals surface area contributed by atoms with E-state index in [1.54, 1.807) is 14.0 Å². The number of nitrogens with one attached hydrogen (secondary N) is 1. The van der Waals surface area contributed by atoms with Gasteiger partial charge in [-0.2, -0.15) is 0 Å². The van der Waals surface area contributed by atoms with Crippen LogP contribution in [-0.2, 0) is 11.8 Å². The molecule has 94 valence electrons. The van der Waals surface area contributed by atoms with Crippen LogP contribution in [0.25, 0.3) is 0 Å². The second-order valence-corrected chi connectivity index (χ2v) is 4.27. The van der Waals surface area contributed by atoms with E-state index < -0.39 is 17.9 Å². The van der Waals surface area contributed by atoms with Gasteiger partial charge >= 0.3 is 5.97 Å². The molecule has 0 aliphatic carbocycles. The molecule has 1 aromatic rings. The molecule has 0 fully saturated rings. The van der Waals surface area contributed by atoms with Gasteiger partial charge in [-0.1, -0.05) is 30.1 Å². The van der Waals surface area contributed by atoms with Crippen LogP contribution in [-0.4, -0.2) is 27.6 Å². The van der Waals surface area contributed by atoms with Crippen molar-refractivity contribution in [2.45, 2.75) is 19.4 Å². The van der Waals surface area contributed by atoms with Crippen LogP contribution in [0.3, 0.4) is 0 Å². The second kappa shape index (κ2) is 5.42. The maximum atomic E-state index is 11.8. The van der Waals surface area contributed by atoms with Crippen LogP contribution in [0.2, 0.25) is 10.2 Å². The highest BCUT2D eigenvalue weighted by Gasteiger charge is 2.21. The van der Waals surface area contributed by atoms with Gasteiger partial charge in [0.2, 0.25) is 0 Å². The van der Waals surface area contributed by atoms with Crippen molar-refractivity contribution in [2.24, 2.45) is 7.05 Å². The Labute approximate surface area is 108 Å². The molecule has 17 heavy (non-hydrogen) atoms. The number of carboxylic acids is 1. The molecule has 1 rings (SSSR count). The van der Waals surface area contributed by atoms with Gasteiger partial charge in [0.25, 0.3) is 5.91 Å². The molecule has 1 atom stereocenters. The Morgan fingerprint density at radius 3 is 2.47 bits per heavy atom. The summed E-state index contributed by atoms with van der Waals surface area (Å²) in [5.41, 5.74) is 0.222. The molecule has 2 N–H and O–H groups in total. The van der Waals surface area contributed by atoms with Gasteiger partial charge in [0.15, 0.2) is 0 Å². The lowest BCUT2D eigenvalue weighted by atomic mass is 10.2. The molecule has 0 aliphatic rings. The average Bonchev–Trinajstić information content (AvgIpc) is 2.53. The van der Waals surface area contributed by atoms with Gasteiger partial charge in [0.05, 0.1) is 5.02 Å². The fourth-order valence-electron chi connectivity index (χ4n) is 1.33. The van der Waals surface area contributed by atoms with Crippen molar-refractivity contribution in [2.75, 3.05) is 0 Å². The van der Waals surface area contributed by atoms with E-state index in [4.69, 9.17) is 28.3 Å². The highest BCUT2D eigenvalue weighted by Crippen LogP contribution is 2.25. The molecule has 0 saturated carbocycles. The van der Waals surface area contributed by atoms with E-state index in [1.807, 2.05) is 0 Å². The summed E-state index contributed by atoms with van der Waals surface area (Å²) in [4.78, 5) is 22.6. The zero-order chi connectivity index (χ0) is 13.2. The maximum absolute atomic E-state index is 11.8. The monoisotopic (exact) mass is 278 g/mol. The minimum atomic E-state index is -1.08. The number of rotatable bonds is 4. The van der Waals surface area contributed by atoms with Crippen molar-refractivity contribution >= 4 is 35.1 Å². The number of halogens is 2. The Kier molecular flexibility index (Phi) is 4.42. The molecule has 0 bridgehead atoms. The zero-order valence-electron chi connectivity index (χ0n) is 9.33. The molecular weight excluding hydrogens is 267 g/mol. The third kappa shape index (κ3) is 2.92. The Hall–Kier alpha value is -1.20. The van der Waals surface area contributed by atoms with E-state index in [0.29, 0.717) is 6.42 Å². The predicted molar refractivity (Wildman–Crippen MR) is 64.6 cm³/mol. The van der Waals surface area contributed by atoms with Crippen LogP contribution < -0.4 is 5.32 Å². The minimum Gasteiger partial charge on any atom is -0.480 e. The summed E-state index contributed by atoms with van der Waals surface area (Å²) in [5.74, 6) is -1.59. The first-order chi connectivity index (χ1) is 7.88. The summed E-state index contributed by atoms with van der Waals surface area (Å²) in [6, 6.07) is 0.475. The van der Waals surface area contributed by atoms with Crippen LogP contribution in [0.4, 0.5) is 0 Å².